The molecule has 1 fully saturated rings. The highest BCUT2D eigenvalue weighted by Crippen LogP contribution is 2.42. The number of aromatic nitrogens is 2. The number of aryl methyl sites for hydroxylation is 2. The molecule has 1 saturated carbocycles. The highest BCUT2D eigenvalue weighted by atomic mass is 15.1. The molecule has 0 spiro atoms. The number of imidazole rings is 1. The van der Waals surface area contributed by atoms with E-state index in [9.17, 15) is 0 Å². The molecule has 0 saturated heterocycles. The monoisotopic (exact) mass is 283 g/mol. The van der Waals surface area contributed by atoms with Gasteiger partial charge in [-0.25, -0.2) is 4.98 Å². The fraction of sp³-hybridized carbons (Fsp3) is 0.500. The van der Waals surface area contributed by atoms with E-state index in [1.165, 1.54) is 41.8 Å². The van der Waals surface area contributed by atoms with Gasteiger partial charge in [-0.2, -0.15) is 0 Å². The molecule has 1 aliphatic carbocycles. The highest BCUT2D eigenvalue weighted by Gasteiger charge is 2.31. The number of rotatable bonds is 5. The molecule has 1 heterocycles. The Balaban J connectivity index is 2.06. The van der Waals surface area contributed by atoms with Gasteiger partial charge in [0, 0.05) is 18.0 Å². The molecule has 1 aliphatic rings. The number of anilines is 1. The van der Waals surface area contributed by atoms with Crippen LogP contribution in [-0.4, -0.2) is 9.55 Å². The van der Waals surface area contributed by atoms with Crippen LogP contribution in [0.5, 0.6) is 0 Å². The molecule has 0 radical (unpaired) electrons. The molecule has 3 nitrogen and oxygen atoms in total. The third kappa shape index (κ3) is 2.69. The molecule has 2 aromatic rings. The topological polar surface area (TPSA) is 43.8 Å². The fourth-order valence-corrected chi connectivity index (χ4v) is 2.97. The third-order valence-electron chi connectivity index (χ3n) is 4.35. The second-order valence-electron chi connectivity index (χ2n) is 6.30. The molecule has 0 atom stereocenters. The third-order valence-corrected chi connectivity index (χ3v) is 4.35. The van der Waals surface area contributed by atoms with E-state index in [-0.39, 0.29) is 0 Å². The minimum Gasteiger partial charge on any atom is -0.383 e. The largest absolute Gasteiger partial charge is 0.383 e. The van der Waals surface area contributed by atoms with Gasteiger partial charge in [-0.05, 0) is 38.7 Å². The maximum Gasteiger partial charge on any atom is 0.131 e. The molecule has 3 heteroatoms. The number of nitrogens with zero attached hydrogens (tertiary/aromatic N) is 2. The van der Waals surface area contributed by atoms with E-state index in [1.54, 1.807) is 0 Å². The molecule has 2 N–H and O–H groups in total. The smallest absolute Gasteiger partial charge is 0.131 e. The minimum atomic E-state index is 0.628. The van der Waals surface area contributed by atoms with E-state index < -0.39 is 0 Å². The van der Waals surface area contributed by atoms with Gasteiger partial charge in [0.1, 0.15) is 17.3 Å². The van der Waals surface area contributed by atoms with Gasteiger partial charge in [-0.15, -0.1) is 0 Å². The van der Waals surface area contributed by atoms with Gasteiger partial charge >= 0.3 is 0 Å². The number of nitrogen functional groups attached to an aromatic ring is 1. The predicted molar refractivity (Wildman–Crippen MR) is 88.4 cm³/mol. The van der Waals surface area contributed by atoms with Crippen molar-refractivity contribution in [2.24, 2.45) is 0 Å². The maximum absolute atomic E-state index is 6.45. The second-order valence-corrected chi connectivity index (χ2v) is 6.30. The Hall–Kier alpha value is -1.77. The van der Waals surface area contributed by atoms with Crippen molar-refractivity contribution in [2.45, 2.75) is 58.9 Å². The fourth-order valence-electron chi connectivity index (χ4n) is 2.97. The quantitative estimate of drug-likeness (QED) is 0.882. The van der Waals surface area contributed by atoms with Gasteiger partial charge in [0.2, 0.25) is 0 Å². The maximum atomic E-state index is 6.45. The molecule has 3 rings (SSSR count). The first-order valence-electron chi connectivity index (χ1n) is 8.05. The molecular weight excluding hydrogens is 258 g/mol. The van der Waals surface area contributed by atoms with Crippen molar-refractivity contribution in [1.29, 1.82) is 0 Å². The van der Waals surface area contributed by atoms with Crippen molar-refractivity contribution in [2.75, 3.05) is 5.73 Å². The average Bonchev–Trinajstić information content (AvgIpc) is 3.23. The van der Waals surface area contributed by atoms with Crippen LogP contribution in [0.1, 0.15) is 55.5 Å². The van der Waals surface area contributed by atoms with Crippen LogP contribution < -0.4 is 5.73 Å². The van der Waals surface area contributed by atoms with E-state index in [4.69, 9.17) is 10.7 Å². The summed E-state index contributed by atoms with van der Waals surface area (Å²) < 4.78 is 2.26. The van der Waals surface area contributed by atoms with Crippen molar-refractivity contribution >= 4 is 5.82 Å². The van der Waals surface area contributed by atoms with Crippen LogP contribution in [0, 0.1) is 13.8 Å². The normalized spacial score (nSPS) is 14.6. The number of unbranched alkanes of at least 4 members (excludes halogenated alkanes) is 1. The van der Waals surface area contributed by atoms with Crippen molar-refractivity contribution in [3.05, 3.63) is 35.2 Å². The molecule has 0 bridgehead atoms. The number of hydrogen-bond acceptors (Lipinski definition) is 2. The average molecular weight is 283 g/mol. The summed E-state index contributed by atoms with van der Waals surface area (Å²) in [5.74, 6) is 2.68. The Kier molecular flexibility index (Phi) is 3.75. The van der Waals surface area contributed by atoms with Gasteiger partial charge in [-0.1, -0.05) is 37.1 Å². The van der Waals surface area contributed by atoms with Crippen molar-refractivity contribution < 1.29 is 0 Å². The molecule has 1 aromatic heterocycles. The number of nitrogens with two attached hydrogens (primary N) is 1. The predicted octanol–water partition coefficient (Wildman–Crippen LogP) is 4.43. The van der Waals surface area contributed by atoms with E-state index >= 15 is 0 Å². The standard InChI is InChI=1S/C18H25N3/c1-4-5-10-21-17(19)16(20-18(21)14-7-8-14)15-9-6-12(2)11-13(15)3/h6,9,11,14H,4-5,7-8,10,19H2,1-3H3. The van der Waals surface area contributed by atoms with Gasteiger partial charge < -0.3 is 10.3 Å². The summed E-state index contributed by atoms with van der Waals surface area (Å²) in [6, 6.07) is 6.50. The Morgan fingerprint density at radius 2 is 2.05 bits per heavy atom. The first-order chi connectivity index (χ1) is 10.1. The van der Waals surface area contributed by atoms with Crippen molar-refractivity contribution in [1.82, 2.24) is 9.55 Å². The molecule has 1 aromatic carbocycles. The zero-order valence-electron chi connectivity index (χ0n) is 13.3. The number of benzene rings is 1. The summed E-state index contributed by atoms with van der Waals surface area (Å²) in [7, 11) is 0. The zero-order chi connectivity index (χ0) is 15.0. The van der Waals surface area contributed by atoms with Crippen LogP contribution in [-0.2, 0) is 6.54 Å². The summed E-state index contributed by atoms with van der Waals surface area (Å²) >= 11 is 0. The van der Waals surface area contributed by atoms with E-state index in [0.717, 1.165) is 24.5 Å². The van der Waals surface area contributed by atoms with Crippen LogP contribution in [0.15, 0.2) is 18.2 Å². The summed E-state index contributed by atoms with van der Waals surface area (Å²) in [5.41, 5.74) is 11.1. The van der Waals surface area contributed by atoms with E-state index in [1.807, 2.05) is 0 Å². The lowest BCUT2D eigenvalue weighted by molar-refractivity contribution is 0.609. The molecule has 21 heavy (non-hydrogen) atoms. The van der Waals surface area contributed by atoms with Crippen molar-refractivity contribution in [3.8, 4) is 11.3 Å². The van der Waals surface area contributed by atoms with Crippen LogP contribution in [0.2, 0.25) is 0 Å². The van der Waals surface area contributed by atoms with Crippen LogP contribution in [0.3, 0.4) is 0 Å². The molecule has 0 aliphatic heterocycles. The lowest BCUT2D eigenvalue weighted by Crippen LogP contribution is -2.06. The van der Waals surface area contributed by atoms with E-state index in [0.29, 0.717) is 5.92 Å². The first kappa shape index (κ1) is 14.2. The van der Waals surface area contributed by atoms with Gasteiger partial charge in [0.05, 0.1) is 0 Å². The summed E-state index contributed by atoms with van der Waals surface area (Å²) in [6.07, 6.45) is 4.86. The second kappa shape index (κ2) is 5.55. The lowest BCUT2D eigenvalue weighted by atomic mass is 10.0. The Labute approximate surface area is 127 Å². The lowest BCUT2D eigenvalue weighted by Gasteiger charge is -2.09. The van der Waals surface area contributed by atoms with Crippen molar-refractivity contribution in [3.63, 3.8) is 0 Å². The Bertz CT molecular complexity index is 651. The SMILES string of the molecule is CCCCn1c(C2CC2)nc(-c2ccc(C)cc2C)c1N. The summed E-state index contributed by atoms with van der Waals surface area (Å²) in [6.45, 7) is 7.47. The highest BCUT2D eigenvalue weighted by molar-refractivity contribution is 5.74. The molecular formula is C18H25N3. The minimum absolute atomic E-state index is 0.628. The van der Waals surface area contributed by atoms with Crippen LogP contribution in [0.4, 0.5) is 5.82 Å². The number of hydrogen-bond donors (Lipinski definition) is 1. The molecule has 0 amide bonds. The van der Waals surface area contributed by atoms with Crippen LogP contribution in [0.25, 0.3) is 11.3 Å². The Morgan fingerprint density at radius 3 is 2.67 bits per heavy atom. The summed E-state index contributed by atoms with van der Waals surface area (Å²) in [5, 5.41) is 0. The van der Waals surface area contributed by atoms with E-state index in [2.05, 4.69) is 43.5 Å². The Morgan fingerprint density at radius 1 is 1.29 bits per heavy atom. The zero-order valence-corrected chi connectivity index (χ0v) is 13.3. The molecule has 0 unspecified atom stereocenters. The molecule has 112 valence electrons. The van der Waals surface area contributed by atoms with Crippen LogP contribution >= 0.6 is 0 Å². The summed E-state index contributed by atoms with van der Waals surface area (Å²) in [4.78, 5) is 4.92. The van der Waals surface area contributed by atoms with Gasteiger partial charge in [0.15, 0.2) is 0 Å². The first-order valence-corrected chi connectivity index (χ1v) is 8.05. The van der Waals surface area contributed by atoms with Gasteiger partial charge in [0.25, 0.3) is 0 Å². The van der Waals surface area contributed by atoms with Gasteiger partial charge in [-0.3, -0.25) is 0 Å².